The third kappa shape index (κ3) is 4.01. The van der Waals surface area contributed by atoms with Crippen LogP contribution in [0.3, 0.4) is 0 Å². The number of aryl methyl sites for hydroxylation is 2. The minimum absolute atomic E-state index is 0.238. The van der Waals surface area contributed by atoms with Crippen LogP contribution in [0.2, 0.25) is 0 Å². The maximum absolute atomic E-state index is 12.3. The molecule has 0 aliphatic carbocycles. The highest BCUT2D eigenvalue weighted by molar-refractivity contribution is 5.98. The molecule has 2 amide bonds. The molecular formula is C12H16N4O4. The Morgan fingerprint density at radius 1 is 1.30 bits per heavy atom. The van der Waals surface area contributed by atoms with Gasteiger partial charge in [0.15, 0.2) is 0 Å². The molecule has 1 rings (SSSR count). The van der Waals surface area contributed by atoms with E-state index in [4.69, 9.17) is 10.8 Å². The number of nitrogens with zero attached hydrogens (tertiary/aromatic N) is 3. The van der Waals surface area contributed by atoms with Gasteiger partial charge in [0, 0.05) is 0 Å². The van der Waals surface area contributed by atoms with Gasteiger partial charge in [0.25, 0.3) is 5.91 Å². The lowest BCUT2D eigenvalue weighted by Gasteiger charge is -2.20. The summed E-state index contributed by atoms with van der Waals surface area (Å²) >= 11 is 0. The fourth-order valence-corrected chi connectivity index (χ4v) is 1.68. The van der Waals surface area contributed by atoms with E-state index >= 15 is 0 Å². The van der Waals surface area contributed by atoms with Crippen LogP contribution >= 0.6 is 0 Å². The minimum Gasteiger partial charge on any atom is -0.480 e. The van der Waals surface area contributed by atoms with Gasteiger partial charge in [0.2, 0.25) is 5.91 Å². The lowest BCUT2D eigenvalue weighted by Crippen LogP contribution is -2.42. The molecule has 0 unspecified atom stereocenters. The minimum atomic E-state index is -1.23. The average molecular weight is 280 g/mol. The summed E-state index contributed by atoms with van der Waals surface area (Å²) in [5.41, 5.74) is 6.24. The van der Waals surface area contributed by atoms with Crippen molar-refractivity contribution in [3.05, 3.63) is 23.0 Å². The highest BCUT2D eigenvalue weighted by Crippen LogP contribution is 2.11. The molecule has 0 saturated heterocycles. The highest BCUT2D eigenvalue weighted by Gasteiger charge is 2.23. The van der Waals surface area contributed by atoms with Crippen molar-refractivity contribution < 1.29 is 19.5 Å². The smallest absolute Gasteiger partial charge is 0.323 e. The molecule has 0 spiro atoms. The summed E-state index contributed by atoms with van der Waals surface area (Å²) in [7, 11) is 0. The van der Waals surface area contributed by atoms with Crippen molar-refractivity contribution in [2.45, 2.75) is 20.3 Å². The normalized spacial score (nSPS) is 10.1. The highest BCUT2D eigenvalue weighted by atomic mass is 16.4. The van der Waals surface area contributed by atoms with Gasteiger partial charge in [0.1, 0.15) is 13.1 Å². The predicted molar refractivity (Wildman–Crippen MR) is 68.9 cm³/mol. The van der Waals surface area contributed by atoms with E-state index in [-0.39, 0.29) is 5.56 Å². The fourth-order valence-electron chi connectivity index (χ4n) is 1.68. The van der Waals surface area contributed by atoms with Crippen LogP contribution in [0.25, 0.3) is 0 Å². The Kier molecular flexibility index (Phi) is 5.13. The second-order valence-corrected chi connectivity index (χ2v) is 4.22. The van der Waals surface area contributed by atoms with Gasteiger partial charge in [-0.15, -0.1) is 0 Å². The summed E-state index contributed by atoms with van der Waals surface area (Å²) in [5, 5.41) is 16.5. The van der Waals surface area contributed by atoms with E-state index in [1.165, 1.54) is 6.07 Å². The molecule has 0 bridgehead atoms. The SMILES string of the molecule is CCc1nnc(C)cc1C(=O)N(CC(N)=O)CC(=O)O. The number of carboxylic acid groups (broad SMARTS) is 1. The number of primary amides is 1. The Hall–Kier alpha value is -2.51. The summed E-state index contributed by atoms with van der Waals surface area (Å²) in [6.45, 7) is 2.40. The summed E-state index contributed by atoms with van der Waals surface area (Å²) in [5.74, 6) is -2.60. The van der Waals surface area contributed by atoms with Crippen molar-refractivity contribution in [1.29, 1.82) is 0 Å². The summed E-state index contributed by atoms with van der Waals surface area (Å²) in [6, 6.07) is 1.52. The molecule has 0 atom stereocenters. The van der Waals surface area contributed by atoms with Crippen LogP contribution in [0.1, 0.15) is 28.7 Å². The van der Waals surface area contributed by atoms with E-state index in [1.807, 2.05) is 0 Å². The van der Waals surface area contributed by atoms with Crippen molar-refractivity contribution in [3.8, 4) is 0 Å². The molecule has 8 heteroatoms. The zero-order valence-corrected chi connectivity index (χ0v) is 11.3. The van der Waals surface area contributed by atoms with E-state index < -0.39 is 30.9 Å². The number of carboxylic acids is 1. The second-order valence-electron chi connectivity index (χ2n) is 4.22. The number of rotatable bonds is 6. The lowest BCUT2D eigenvalue weighted by molar-refractivity contribution is -0.138. The second kappa shape index (κ2) is 6.60. The molecule has 1 aromatic rings. The Labute approximate surface area is 115 Å². The van der Waals surface area contributed by atoms with E-state index in [2.05, 4.69) is 10.2 Å². The van der Waals surface area contributed by atoms with E-state index in [0.717, 1.165) is 4.90 Å². The van der Waals surface area contributed by atoms with Crippen LogP contribution in [0.5, 0.6) is 0 Å². The van der Waals surface area contributed by atoms with Gasteiger partial charge in [-0.25, -0.2) is 0 Å². The van der Waals surface area contributed by atoms with Gasteiger partial charge in [-0.05, 0) is 19.4 Å². The number of amides is 2. The monoisotopic (exact) mass is 280 g/mol. The molecule has 0 radical (unpaired) electrons. The molecule has 1 heterocycles. The van der Waals surface area contributed by atoms with Gasteiger partial charge < -0.3 is 15.7 Å². The topological polar surface area (TPSA) is 126 Å². The molecule has 0 fully saturated rings. The summed E-state index contributed by atoms with van der Waals surface area (Å²) < 4.78 is 0. The molecule has 108 valence electrons. The molecular weight excluding hydrogens is 264 g/mol. The van der Waals surface area contributed by atoms with Crippen molar-refractivity contribution >= 4 is 17.8 Å². The third-order valence-corrected chi connectivity index (χ3v) is 2.52. The Balaban J connectivity index is 3.13. The number of carbonyl (C=O) groups excluding carboxylic acids is 2. The van der Waals surface area contributed by atoms with Crippen molar-refractivity contribution in [3.63, 3.8) is 0 Å². The third-order valence-electron chi connectivity index (χ3n) is 2.52. The molecule has 0 aliphatic rings. The first-order valence-corrected chi connectivity index (χ1v) is 5.97. The Bertz CT molecular complexity index is 528. The van der Waals surface area contributed by atoms with E-state index in [1.54, 1.807) is 13.8 Å². The van der Waals surface area contributed by atoms with Crippen LogP contribution in [0, 0.1) is 6.92 Å². The number of nitrogens with two attached hydrogens (primary N) is 1. The molecule has 3 N–H and O–H groups in total. The fraction of sp³-hybridized carbons (Fsp3) is 0.417. The first kappa shape index (κ1) is 15.5. The summed E-state index contributed by atoms with van der Waals surface area (Å²) in [4.78, 5) is 34.9. The summed E-state index contributed by atoms with van der Waals surface area (Å²) in [6.07, 6.45) is 0.464. The maximum Gasteiger partial charge on any atom is 0.323 e. The van der Waals surface area contributed by atoms with E-state index in [0.29, 0.717) is 17.8 Å². The quantitative estimate of drug-likeness (QED) is 0.713. The average Bonchev–Trinajstić information content (AvgIpc) is 2.36. The molecule has 0 aromatic carbocycles. The lowest BCUT2D eigenvalue weighted by atomic mass is 10.1. The zero-order chi connectivity index (χ0) is 15.3. The number of hydrogen-bond acceptors (Lipinski definition) is 5. The van der Waals surface area contributed by atoms with Crippen LogP contribution in [0.4, 0.5) is 0 Å². The standard InChI is InChI=1S/C12H16N4O4/c1-3-9-8(4-7(2)14-15-9)12(20)16(5-10(13)17)6-11(18)19/h4H,3,5-6H2,1-2H3,(H2,13,17)(H,18,19). The molecule has 1 aromatic heterocycles. The van der Waals surface area contributed by atoms with Crippen molar-refractivity contribution in [2.75, 3.05) is 13.1 Å². The number of aromatic nitrogens is 2. The van der Waals surface area contributed by atoms with E-state index in [9.17, 15) is 14.4 Å². The van der Waals surface area contributed by atoms with Crippen LogP contribution in [-0.2, 0) is 16.0 Å². The molecule has 8 nitrogen and oxygen atoms in total. The largest absolute Gasteiger partial charge is 0.480 e. The number of hydrogen-bond donors (Lipinski definition) is 2. The van der Waals surface area contributed by atoms with Crippen LogP contribution < -0.4 is 5.73 Å². The van der Waals surface area contributed by atoms with Crippen LogP contribution in [0.15, 0.2) is 6.07 Å². The van der Waals surface area contributed by atoms with Gasteiger partial charge in [0.05, 0.1) is 17.0 Å². The van der Waals surface area contributed by atoms with Crippen LogP contribution in [-0.4, -0.2) is 51.1 Å². The Morgan fingerprint density at radius 2 is 1.95 bits per heavy atom. The van der Waals surface area contributed by atoms with Gasteiger partial charge in [-0.1, -0.05) is 6.92 Å². The van der Waals surface area contributed by atoms with Crippen molar-refractivity contribution in [1.82, 2.24) is 15.1 Å². The maximum atomic E-state index is 12.3. The number of aliphatic carboxylic acids is 1. The Morgan fingerprint density at radius 3 is 2.45 bits per heavy atom. The zero-order valence-electron chi connectivity index (χ0n) is 11.3. The predicted octanol–water partition coefficient (Wildman–Crippen LogP) is -0.640. The molecule has 0 saturated carbocycles. The van der Waals surface area contributed by atoms with Crippen molar-refractivity contribution in [2.24, 2.45) is 5.73 Å². The number of carbonyl (C=O) groups is 3. The first-order chi connectivity index (χ1) is 9.35. The first-order valence-electron chi connectivity index (χ1n) is 5.97. The molecule has 20 heavy (non-hydrogen) atoms. The molecule has 0 aliphatic heterocycles. The van der Waals surface area contributed by atoms with Gasteiger partial charge in [-0.2, -0.15) is 10.2 Å². The van der Waals surface area contributed by atoms with Gasteiger partial charge >= 0.3 is 5.97 Å². The van der Waals surface area contributed by atoms with Gasteiger partial charge in [-0.3, -0.25) is 14.4 Å².